The summed E-state index contributed by atoms with van der Waals surface area (Å²) in [6.07, 6.45) is 1.73. The lowest BCUT2D eigenvalue weighted by Gasteiger charge is -2.07. The standard InChI is InChI=1S/C16H18N4OS/c1-11-14(19-10-18-11)9-22-7-6-17-16-8-15(21)12-4-2-3-5-13(12)20-16/h2-5,8,10H,6-7,9H2,1H3,(H,18,19)(H2,17,20,21). The van der Waals surface area contributed by atoms with Gasteiger partial charge in [0.05, 0.1) is 17.5 Å². The summed E-state index contributed by atoms with van der Waals surface area (Å²) >= 11 is 1.82. The largest absolute Gasteiger partial charge is 0.371 e. The smallest absolute Gasteiger partial charge is 0.191 e. The Kier molecular flexibility index (Phi) is 4.48. The molecule has 114 valence electrons. The Labute approximate surface area is 132 Å². The van der Waals surface area contributed by atoms with Gasteiger partial charge in [-0.25, -0.2) is 4.98 Å². The van der Waals surface area contributed by atoms with E-state index in [1.165, 1.54) is 0 Å². The van der Waals surface area contributed by atoms with Gasteiger partial charge in [-0.1, -0.05) is 12.1 Å². The van der Waals surface area contributed by atoms with Gasteiger partial charge in [-0.05, 0) is 19.1 Å². The average Bonchev–Trinajstić information content (AvgIpc) is 2.92. The van der Waals surface area contributed by atoms with Crippen LogP contribution >= 0.6 is 11.8 Å². The molecule has 0 amide bonds. The van der Waals surface area contributed by atoms with Crippen molar-refractivity contribution in [3.05, 3.63) is 58.3 Å². The van der Waals surface area contributed by atoms with Gasteiger partial charge in [0, 0.05) is 35.2 Å². The third-order valence-electron chi connectivity index (χ3n) is 3.47. The molecule has 0 saturated heterocycles. The fourth-order valence-electron chi connectivity index (χ4n) is 2.25. The highest BCUT2D eigenvalue weighted by Gasteiger charge is 2.02. The minimum absolute atomic E-state index is 0.0386. The summed E-state index contributed by atoms with van der Waals surface area (Å²) in [7, 11) is 0. The van der Waals surface area contributed by atoms with Crippen LogP contribution in [0.5, 0.6) is 0 Å². The lowest BCUT2D eigenvalue weighted by atomic mass is 10.2. The normalized spacial score (nSPS) is 11.0. The lowest BCUT2D eigenvalue weighted by molar-refractivity contribution is 1.16. The van der Waals surface area contributed by atoms with E-state index in [2.05, 4.69) is 20.3 Å². The maximum atomic E-state index is 12.0. The number of pyridine rings is 1. The SMILES string of the molecule is Cc1[nH]cnc1CSCCNc1cc(=O)c2ccccc2[nH]1. The van der Waals surface area contributed by atoms with E-state index in [4.69, 9.17) is 0 Å². The number of imidazole rings is 1. The van der Waals surface area contributed by atoms with Crippen molar-refractivity contribution >= 4 is 28.5 Å². The summed E-state index contributed by atoms with van der Waals surface area (Å²) in [6, 6.07) is 9.16. The zero-order chi connectivity index (χ0) is 15.4. The first kappa shape index (κ1) is 14.7. The number of thioether (sulfide) groups is 1. The van der Waals surface area contributed by atoms with Crippen LogP contribution in [0.15, 0.2) is 41.5 Å². The number of nitrogens with zero attached hydrogens (tertiary/aromatic N) is 1. The van der Waals surface area contributed by atoms with E-state index in [-0.39, 0.29) is 5.43 Å². The Morgan fingerprint density at radius 1 is 1.32 bits per heavy atom. The second-order valence-electron chi connectivity index (χ2n) is 5.05. The maximum Gasteiger partial charge on any atom is 0.191 e. The van der Waals surface area contributed by atoms with Crippen LogP contribution in [0.3, 0.4) is 0 Å². The average molecular weight is 314 g/mol. The van der Waals surface area contributed by atoms with E-state index < -0.39 is 0 Å². The molecule has 2 aromatic heterocycles. The zero-order valence-electron chi connectivity index (χ0n) is 12.3. The van der Waals surface area contributed by atoms with Gasteiger partial charge in [0.2, 0.25) is 0 Å². The van der Waals surface area contributed by atoms with Gasteiger partial charge in [-0.15, -0.1) is 0 Å². The highest BCUT2D eigenvalue weighted by Crippen LogP contribution is 2.13. The van der Waals surface area contributed by atoms with Crippen LogP contribution < -0.4 is 10.7 Å². The minimum Gasteiger partial charge on any atom is -0.371 e. The van der Waals surface area contributed by atoms with Gasteiger partial charge in [0.15, 0.2) is 5.43 Å². The van der Waals surface area contributed by atoms with Crippen molar-refractivity contribution in [3.8, 4) is 0 Å². The molecule has 0 radical (unpaired) electrons. The number of hydrogen-bond acceptors (Lipinski definition) is 4. The van der Waals surface area contributed by atoms with Gasteiger partial charge >= 0.3 is 0 Å². The van der Waals surface area contributed by atoms with Gasteiger partial charge in [-0.3, -0.25) is 4.79 Å². The second-order valence-corrected chi connectivity index (χ2v) is 6.15. The fraction of sp³-hybridized carbons (Fsp3) is 0.250. The summed E-state index contributed by atoms with van der Waals surface area (Å²) < 4.78 is 0. The Morgan fingerprint density at radius 2 is 2.18 bits per heavy atom. The van der Waals surface area contributed by atoms with E-state index in [1.54, 1.807) is 12.4 Å². The van der Waals surface area contributed by atoms with Crippen molar-refractivity contribution in [1.82, 2.24) is 15.0 Å². The topological polar surface area (TPSA) is 73.6 Å². The number of aryl methyl sites for hydroxylation is 1. The fourth-order valence-corrected chi connectivity index (χ4v) is 3.13. The summed E-state index contributed by atoms with van der Waals surface area (Å²) in [4.78, 5) is 22.6. The van der Waals surface area contributed by atoms with Crippen molar-refractivity contribution < 1.29 is 0 Å². The van der Waals surface area contributed by atoms with Crippen LogP contribution in [0.1, 0.15) is 11.4 Å². The first-order chi connectivity index (χ1) is 10.7. The van der Waals surface area contributed by atoms with Gasteiger partial charge in [-0.2, -0.15) is 11.8 Å². The number of anilines is 1. The molecule has 0 aliphatic carbocycles. The van der Waals surface area contributed by atoms with Crippen molar-refractivity contribution in [2.24, 2.45) is 0 Å². The van der Waals surface area contributed by atoms with Crippen LogP contribution in [0.4, 0.5) is 5.82 Å². The number of hydrogen-bond donors (Lipinski definition) is 3. The summed E-state index contributed by atoms with van der Waals surface area (Å²) in [6.45, 7) is 2.82. The van der Waals surface area contributed by atoms with Crippen LogP contribution in [0.2, 0.25) is 0 Å². The molecule has 0 bridgehead atoms. The molecule has 0 saturated carbocycles. The molecule has 0 atom stereocenters. The van der Waals surface area contributed by atoms with Crippen LogP contribution in [-0.4, -0.2) is 27.2 Å². The molecule has 3 N–H and O–H groups in total. The highest BCUT2D eigenvalue weighted by molar-refractivity contribution is 7.98. The molecule has 5 nitrogen and oxygen atoms in total. The number of aromatic amines is 2. The first-order valence-corrected chi connectivity index (χ1v) is 8.32. The number of aromatic nitrogens is 3. The molecule has 0 spiro atoms. The van der Waals surface area contributed by atoms with Crippen molar-refractivity contribution in [1.29, 1.82) is 0 Å². The van der Waals surface area contributed by atoms with E-state index in [0.29, 0.717) is 0 Å². The number of rotatable bonds is 6. The molecular formula is C16H18N4OS. The third-order valence-corrected chi connectivity index (χ3v) is 4.44. The predicted octanol–water partition coefficient (Wildman–Crippen LogP) is 2.90. The number of fused-ring (bicyclic) bond motifs is 1. The van der Waals surface area contributed by atoms with Crippen molar-refractivity contribution in [2.45, 2.75) is 12.7 Å². The Hall–Kier alpha value is -2.21. The lowest BCUT2D eigenvalue weighted by Crippen LogP contribution is -2.10. The molecule has 1 aromatic carbocycles. The number of benzene rings is 1. The molecule has 3 rings (SSSR count). The van der Waals surface area contributed by atoms with Gasteiger partial charge in [0.25, 0.3) is 0 Å². The molecule has 3 aromatic rings. The van der Waals surface area contributed by atoms with Crippen LogP contribution in [-0.2, 0) is 5.75 Å². The third kappa shape index (κ3) is 3.33. The molecule has 22 heavy (non-hydrogen) atoms. The maximum absolute atomic E-state index is 12.0. The molecule has 0 aliphatic heterocycles. The molecular weight excluding hydrogens is 296 g/mol. The molecule has 0 aliphatic rings. The summed E-state index contributed by atoms with van der Waals surface area (Å²) in [5.41, 5.74) is 3.12. The van der Waals surface area contributed by atoms with E-state index in [0.717, 1.165) is 46.2 Å². The highest BCUT2D eigenvalue weighted by atomic mass is 32.2. The summed E-state index contributed by atoms with van der Waals surface area (Å²) in [5, 5.41) is 3.99. The monoisotopic (exact) mass is 314 g/mol. The molecule has 0 unspecified atom stereocenters. The number of para-hydroxylation sites is 1. The van der Waals surface area contributed by atoms with Crippen molar-refractivity contribution in [3.63, 3.8) is 0 Å². The zero-order valence-corrected chi connectivity index (χ0v) is 13.2. The van der Waals surface area contributed by atoms with E-state index in [9.17, 15) is 4.79 Å². The van der Waals surface area contributed by atoms with Gasteiger partial charge < -0.3 is 15.3 Å². The second kappa shape index (κ2) is 6.70. The van der Waals surface area contributed by atoms with E-state index in [1.807, 2.05) is 43.0 Å². The van der Waals surface area contributed by atoms with Gasteiger partial charge in [0.1, 0.15) is 5.82 Å². The van der Waals surface area contributed by atoms with Crippen LogP contribution in [0.25, 0.3) is 10.9 Å². The predicted molar refractivity (Wildman–Crippen MR) is 92.5 cm³/mol. The Morgan fingerprint density at radius 3 is 3.00 bits per heavy atom. The molecule has 6 heteroatoms. The quantitative estimate of drug-likeness (QED) is 0.612. The van der Waals surface area contributed by atoms with Crippen LogP contribution in [0, 0.1) is 6.92 Å². The minimum atomic E-state index is 0.0386. The van der Waals surface area contributed by atoms with E-state index >= 15 is 0 Å². The Balaban J connectivity index is 1.54. The summed E-state index contributed by atoms with van der Waals surface area (Å²) in [5.74, 6) is 2.60. The number of nitrogens with one attached hydrogen (secondary N) is 3. The first-order valence-electron chi connectivity index (χ1n) is 7.16. The molecule has 0 fully saturated rings. The Bertz CT molecular complexity index is 824. The molecule has 2 heterocycles. The number of H-pyrrole nitrogens is 2. The van der Waals surface area contributed by atoms with Crippen molar-refractivity contribution in [2.75, 3.05) is 17.6 Å².